The summed E-state index contributed by atoms with van der Waals surface area (Å²) in [4.78, 5) is 12.8. The van der Waals surface area contributed by atoms with E-state index in [2.05, 4.69) is 15.9 Å². The predicted molar refractivity (Wildman–Crippen MR) is 88.6 cm³/mol. The maximum Gasteiger partial charge on any atom is 0.342 e. The molecule has 0 N–H and O–H groups in total. The van der Waals surface area contributed by atoms with Crippen molar-refractivity contribution in [2.45, 2.75) is 10.6 Å². The summed E-state index contributed by atoms with van der Waals surface area (Å²) in [6.45, 7) is 0. The number of carbonyl (C=O) groups excluding carboxylic acids is 1. The first kappa shape index (κ1) is 16.7. The van der Waals surface area contributed by atoms with Crippen LogP contribution >= 0.6 is 15.9 Å². The molecule has 0 heterocycles. The molecule has 0 saturated heterocycles. The second-order valence-electron chi connectivity index (χ2n) is 4.41. The van der Waals surface area contributed by atoms with Gasteiger partial charge in [0.15, 0.2) is 0 Å². The van der Waals surface area contributed by atoms with Crippen LogP contribution in [-0.2, 0) is 21.3 Å². The van der Waals surface area contributed by atoms with Crippen molar-refractivity contribution in [3.8, 4) is 5.75 Å². The molecule has 22 heavy (non-hydrogen) atoms. The van der Waals surface area contributed by atoms with E-state index in [1.165, 1.54) is 14.2 Å². The third-order valence-corrected chi connectivity index (χ3v) is 5.08. The van der Waals surface area contributed by atoms with Gasteiger partial charge in [-0.15, -0.1) is 0 Å². The SMILES string of the molecule is COC(=O)c1c(CS(=O)c2ccccc2)ccc(Br)c1OC. The van der Waals surface area contributed by atoms with E-state index in [0.717, 1.165) is 0 Å². The highest BCUT2D eigenvalue weighted by Crippen LogP contribution is 2.33. The Kier molecular flexibility index (Phi) is 5.74. The lowest BCUT2D eigenvalue weighted by atomic mass is 10.1. The summed E-state index contributed by atoms with van der Waals surface area (Å²) in [5.41, 5.74) is 0.915. The van der Waals surface area contributed by atoms with Gasteiger partial charge >= 0.3 is 5.97 Å². The van der Waals surface area contributed by atoms with Crippen LogP contribution in [0.1, 0.15) is 15.9 Å². The molecule has 4 nitrogen and oxygen atoms in total. The summed E-state index contributed by atoms with van der Waals surface area (Å²) in [5.74, 6) is 0.0746. The van der Waals surface area contributed by atoms with E-state index in [0.29, 0.717) is 26.2 Å². The zero-order valence-electron chi connectivity index (χ0n) is 12.2. The molecule has 116 valence electrons. The molecule has 6 heteroatoms. The highest BCUT2D eigenvalue weighted by molar-refractivity contribution is 9.10. The Labute approximate surface area is 140 Å². The fraction of sp³-hybridized carbons (Fsp3) is 0.188. The van der Waals surface area contributed by atoms with Gasteiger partial charge in [0.05, 0.1) is 35.2 Å². The van der Waals surface area contributed by atoms with E-state index in [1.54, 1.807) is 24.3 Å². The first-order valence-electron chi connectivity index (χ1n) is 6.45. The van der Waals surface area contributed by atoms with Gasteiger partial charge in [0, 0.05) is 4.90 Å². The molecule has 1 unspecified atom stereocenters. The van der Waals surface area contributed by atoms with Crippen LogP contribution in [0.5, 0.6) is 5.75 Å². The van der Waals surface area contributed by atoms with E-state index < -0.39 is 16.8 Å². The second-order valence-corrected chi connectivity index (χ2v) is 6.71. The average molecular weight is 383 g/mol. The van der Waals surface area contributed by atoms with Gasteiger partial charge in [0.25, 0.3) is 0 Å². The van der Waals surface area contributed by atoms with Gasteiger partial charge in [0.1, 0.15) is 11.3 Å². The molecule has 0 amide bonds. The van der Waals surface area contributed by atoms with Crippen LogP contribution in [0.15, 0.2) is 51.8 Å². The Morgan fingerprint density at radius 1 is 1.14 bits per heavy atom. The lowest BCUT2D eigenvalue weighted by molar-refractivity contribution is 0.0596. The van der Waals surface area contributed by atoms with Crippen LogP contribution in [0.4, 0.5) is 0 Å². The number of hydrogen-bond acceptors (Lipinski definition) is 4. The van der Waals surface area contributed by atoms with Gasteiger partial charge < -0.3 is 9.47 Å². The number of esters is 1. The monoisotopic (exact) mass is 382 g/mol. The minimum Gasteiger partial charge on any atom is -0.495 e. The molecule has 0 aliphatic rings. The molecule has 2 aromatic rings. The Hall–Kier alpha value is -1.66. The van der Waals surface area contributed by atoms with Crippen LogP contribution in [0.2, 0.25) is 0 Å². The molecule has 0 aliphatic carbocycles. The van der Waals surface area contributed by atoms with Crippen molar-refractivity contribution in [2.24, 2.45) is 0 Å². The number of ether oxygens (including phenoxy) is 2. The molecular formula is C16H15BrO4S. The quantitative estimate of drug-likeness (QED) is 0.741. The Morgan fingerprint density at radius 2 is 1.82 bits per heavy atom. The fourth-order valence-electron chi connectivity index (χ4n) is 2.04. The summed E-state index contributed by atoms with van der Waals surface area (Å²) in [7, 11) is 1.52. The Bertz CT molecular complexity index is 701. The first-order valence-corrected chi connectivity index (χ1v) is 8.56. The van der Waals surface area contributed by atoms with Gasteiger partial charge in [-0.25, -0.2) is 4.79 Å². The van der Waals surface area contributed by atoms with Gasteiger partial charge in [-0.1, -0.05) is 24.3 Å². The van der Waals surface area contributed by atoms with E-state index in [4.69, 9.17) is 9.47 Å². The van der Waals surface area contributed by atoms with Crippen LogP contribution in [0, 0.1) is 0 Å². The summed E-state index contributed by atoms with van der Waals surface area (Å²) >= 11 is 3.34. The van der Waals surface area contributed by atoms with Crippen molar-refractivity contribution in [1.82, 2.24) is 0 Å². The molecule has 0 bridgehead atoms. The summed E-state index contributed by atoms with van der Waals surface area (Å²) in [6, 6.07) is 12.6. The number of benzene rings is 2. The van der Waals surface area contributed by atoms with Gasteiger partial charge in [-0.05, 0) is 39.7 Å². The highest BCUT2D eigenvalue weighted by atomic mass is 79.9. The molecule has 1 atom stereocenters. The van der Waals surface area contributed by atoms with Crippen molar-refractivity contribution < 1.29 is 18.5 Å². The first-order chi connectivity index (χ1) is 10.6. The second kappa shape index (κ2) is 7.56. The maximum absolute atomic E-state index is 12.5. The number of methoxy groups -OCH3 is 2. The van der Waals surface area contributed by atoms with Crippen molar-refractivity contribution >= 4 is 32.7 Å². The van der Waals surface area contributed by atoms with Crippen molar-refractivity contribution in [3.05, 3.63) is 58.1 Å². The van der Waals surface area contributed by atoms with Crippen LogP contribution < -0.4 is 4.74 Å². The van der Waals surface area contributed by atoms with Crippen molar-refractivity contribution in [1.29, 1.82) is 0 Å². The lowest BCUT2D eigenvalue weighted by Gasteiger charge is -2.13. The predicted octanol–water partition coefficient (Wildman–Crippen LogP) is 3.55. The average Bonchev–Trinajstić information content (AvgIpc) is 2.56. The minimum atomic E-state index is -1.26. The summed E-state index contributed by atoms with van der Waals surface area (Å²) in [6.07, 6.45) is 0. The Morgan fingerprint density at radius 3 is 2.41 bits per heavy atom. The molecule has 0 radical (unpaired) electrons. The molecule has 2 aromatic carbocycles. The van der Waals surface area contributed by atoms with Crippen molar-refractivity contribution in [2.75, 3.05) is 14.2 Å². The van der Waals surface area contributed by atoms with Gasteiger partial charge in [-0.3, -0.25) is 4.21 Å². The standard InChI is InChI=1S/C16H15BrO4S/c1-20-15-13(17)9-8-11(14(15)16(18)21-2)10-22(19)12-6-4-3-5-7-12/h3-9H,10H2,1-2H3. The zero-order chi connectivity index (χ0) is 16.1. The fourth-order valence-corrected chi connectivity index (χ4v) is 3.68. The Balaban J connectivity index is 2.43. The maximum atomic E-state index is 12.5. The third kappa shape index (κ3) is 3.56. The number of hydrogen-bond donors (Lipinski definition) is 0. The molecule has 2 rings (SSSR count). The third-order valence-electron chi connectivity index (χ3n) is 3.08. The number of carbonyl (C=O) groups is 1. The smallest absolute Gasteiger partial charge is 0.342 e. The summed E-state index contributed by atoms with van der Waals surface area (Å²) < 4.78 is 23.2. The van der Waals surface area contributed by atoms with E-state index in [1.807, 2.05) is 18.2 Å². The van der Waals surface area contributed by atoms with Gasteiger partial charge in [0.2, 0.25) is 0 Å². The summed E-state index contributed by atoms with van der Waals surface area (Å²) in [5, 5.41) is 0. The van der Waals surface area contributed by atoms with E-state index >= 15 is 0 Å². The van der Waals surface area contributed by atoms with E-state index in [-0.39, 0.29) is 5.75 Å². The molecular weight excluding hydrogens is 368 g/mol. The van der Waals surface area contributed by atoms with Crippen molar-refractivity contribution in [3.63, 3.8) is 0 Å². The molecule has 0 aromatic heterocycles. The lowest BCUT2D eigenvalue weighted by Crippen LogP contribution is -2.10. The van der Waals surface area contributed by atoms with Crippen LogP contribution in [0.3, 0.4) is 0 Å². The normalized spacial score (nSPS) is 11.8. The molecule has 0 aliphatic heterocycles. The largest absolute Gasteiger partial charge is 0.495 e. The van der Waals surface area contributed by atoms with E-state index in [9.17, 15) is 9.00 Å². The molecule has 0 spiro atoms. The number of halogens is 1. The minimum absolute atomic E-state index is 0.206. The zero-order valence-corrected chi connectivity index (χ0v) is 14.6. The van der Waals surface area contributed by atoms with Crippen LogP contribution in [0.25, 0.3) is 0 Å². The number of rotatable bonds is 5. The highest BCUT2D eigenvalue weighted by Gasteiger charge is 2.22. The molecule has 0 fully saturated rings. The van der Waals surface area contributed by atoms with Gasteiger partial charge in [-0.2, -0.15) is 0 Å². The topological polar surface area (TPSA) is 52.6 Å². The van der Waals surface area contributed by atoms with Crippen LogP contribution in [-0.4, -0.2) is 24.4 Å². The molecule has 0 saturated carbocycles.